The molecule has 14 heavy (non-hydrogen) atoms. The van der Waals surface area contributed by atoms with Crippen molar-refractivity contribution in [2.45, 2.75) is 13.8 Å². The number of nitriles is 1. The van der Waals surface area contributed by atoms with Crippen LogP contribution in [0.2, 0.25) is 0 Å². The molecule has 0 atom stereocenters. The summed E-state index contributed by atoms with van der Waals surface area (Å²) in [7, 11) is 0. The van der Waals surface area contributed by atoms with Gasteiger partial charge in [0.25, 0.3) is 0 Å². The van der Waals surface area contributed by atoms with Gasteiger partial charge >= 0.3 is 5.97 Å². The van der Waals surface area contributed by atoms with Gasteiger partial charge in [0.1, 0.15) is 0 Å². The number of nitrogens with zero attached hydrogens (tertiary/aromatic N) is 1. The summed E-state index contributed by atoms with van der Waals surface area (Å²) in [5.74, 6) is -0.329. The second-order valence-corrected chi connectivity index (χ2v) is 1.85. The molecule has 0 aromatic heterocycles. The molecule has 4 heteroatoms. The molecule has 0 saturated heterocycles. The molecular formula is C10H15NO3. The van der Waals surface area contributed by atoms with Crippen molar-refractivity contribution in [1.82, 2.24) is 0 Å². The molecule has 0 spiro atoms. The monoisotopic (exact) mass is 197 g/mol. The van der Waals surface area contributed by atoms with E-state index in [4.69, 9.17) is 10.4 Å². The zero-order chi connectivity index (χ0) is 12.0. The van der Waals surface area contributed by atoms with E-state index in [-0.39, 0.29) is 5.97 Å². The van der Waals surface area contributed by atoms with Crippen molar-refractivity contribution < 1.29 is 14.6 Å². The third-order valence-corrected chi connectivity index (χ3v) is 0.440. The Morgan fingerprint density at radius 3 is 1.79 bits per heavy atom. The first-order valence-corrected chi connectivity index (χ1v) is 3.55. The van der Waals surface area contributed by atoms with Crippen molar-refractivity contribution in [1.29, 1.82) is 5.26 Å². The number of carbonyl (C=O) groups is 1. The van der Waals surface area contributed by atoms with Gasteiger partial charge in [0.05, 0.1) is 18.6 Å². The minimum Gasteiger partial charge on any atom is -0.516 e. The van der Waals surface area contributed by atoms with E-state index in [0.717, 1.165) is 12.5 Å². The molecule has 0 amide bonds. The van der Waals surface area contributed by atoms with Gasteiger partial charge in [-0.1, -0.05) is 19.7 Å². The molecule has 0 radical (unpaired) electrons. The van der Waals surface area contributed by atoms with Crippen LogP contribution < -0.4 is 0 Å². The second kappa shape index (κ2) is 17.2. The van der Waals surface area contributed by atoms with Crippen molar-refractivity contribution in [3.05, 3.63) is 37.8 Å². The summed E-state index contributed by atoms with van der Waals surface area (Å²) >= 11 is 0. The average Bonchev–Trinajstić information content (AvgIpc) is 2.06. The van der Waals surface area contributed by atoms with Crippen LogP contribution in [0, 0.1) is 11.3 Å². The Morgan fingerprint density at radius 2 is 1.79 bits per heavy atom. The third kappa shape index (κ3) is 90.6. The Morgan fingerprint density at radius 1 is 1.50 bits per heavy atom. The largest absolute Gasteiger partial charge is 0.516 e. The number of hydrogen-bond acceptors (Lipinski definition) is 4. The highest BCUT2D eigenvalue weighted by Crippen LogP contribution is 1.74. The molecule has 0 aromatic carbocycles. The maximum Gasteiger partial charge on any atom is 0.307 e. The summed E-state index contributed by atoms with van der Waals surface area (Å²) in [5.41, 5.74) is 0.560. The van der Waals surface area contributed by atoms with Gasteiger partial charge in [0.2, 0.25) is 0 Å². The third-order valence-electron chi connectivity index (χ3n) is 0.440. The van der Waals surface area contributed by atoms with E-state index in [0.29, 0.717) is 5.57 Å². The van der Waals surface area contributed by atoms with Crippen LogP contribution in [-0.4, -0.2) is 11.1 Å². The van der Waals surface area contributed by atoms with E-state index < -0.39 is 0 Å². The summed E-state index contributed by atoms with van der Waals surface area (Å²) in [6.07, 6.45) is 1.85. The second-order valence-electron chi connectivity index (χ2n) is 1.85. The van der Waals surface area contributed by atoms with Crippen LogP contribution in [0.3, 0.4) is 0 Å². The van der Waals surface area contributed by atoms with Crippen molar-refractivity contribution in [3.8, 4) is 6.07 Å². The Bertz CT molecular complexity index is 226. The molecule has 0 unspecified atom stereocenters. The first-order valence-electron chi connectivity index (χ1n) is 3.55. The highest BCUT2D eigenvalue weighted by molar-refractivity contribution is 5.66. The topological polar surface area (TPSA) is 70.3 Å². The van der Waals surface area contributed by atoms with Gasteiger partial charge in [-0.3, -0.25) is 4.79 Å². The van der Waals surface area contributed by atoms with Gasteiger partial charge in [-0.25, -0.2) is 0 Å². The normalized spacial score (nSPS) is 5.79. The van der Waals surface area contributed by atoms with Gasteiger partial charge in [0, 0.05) is 12.5 Å². The quantitative estimate of drug-likeness (QED) is 0.398. The van der Waals surface area contributed by atoms with Crippen LogP contribution in [-0.2, 0) is 9.53 Å². The Balaban J connectivity index is -0.000000138. The lowest BCUT2D eigenvalue weighted by Crippen LogP contribution is -1.87. The highest BCUT2D eigenvalue weighted by atomic mass is 16.5. The summed E-state index contributed by atoms with van der Waals surface area (Å²) < 4.78 is 4.17. The molecule has 0 aliphatic heterocycles. The zero-order valence-corrected chi connectivity index (χ0v) is 8.49. The van der Waals surface area contributed by atoms with Crippen LogP contribution in [0.1, 0.15) is 13.8 Å². The van der Waals surface area contributed by atoms with Crippen LogP contribution in [0.15, 0.2) is 37.8 Å². The minimum atomic E-state index is -0.329. The van der Waals surface area contributed by atoms with E-state index in [1.54, 1.807) is 6.92 Å². The fourth-order valence-electron chi connectivity index (χ4n) is 0.117. The lowest BCUT2D eigenvalue weighted by atomic mass is 10.4. The molecule has 0 aliphatic rings. The standard InChI is InChI=1S/C4H5N.C4H6O2.C2H4O/c1-4(2)3-5;1-3-6-4(2)5;1-2-3/h1H2,2H3;3H,1H2,2H3;2-3H,1H2. The molecule has 4 nitrogen and oxygen atoms in total. The van der Waals surface area contributed by atoms with Crippen molar-refractivity contribution >= 4 is 5.97 Å². The number of carbonyl (C=O) groups excluding carboxylic acids is 1. The molecular weight excluding hydrogens is 182 g/mol. The maximum absolute atomic E-state index is 9.75. The lowest BCUT2D eigenvalue weighted by molar-refractivity contribution is -0.135. The Hall–Kier alpha value is -2.02. The van der Waals surface area contributed by atoms with Crippen LogP contribution >= 0.6 is 0 Å². The van der Waals surface area contributed by atoms with E-state index in [1.807, 2.05) is 6.07 Å². The molecule has 0 aliphatic carbocycles. The summed E-state index contributed by atoms with van der Waals surface area (Å²) in [6, 6.07) is 1.83. The average molecular weight is 197 g/mol. The number of aliphatic hydroxyl groups excluding tert-OH is 1. The summed E-state index contributed by atoms with van der Waals surface area (Å²) in [4.78, 5) is 9.75. The number of esters is 1. The highest BCUT2D eigenvalue weighted by Gasteiger charge is 1.79. The van der Waals surface area contributed by atoms with Crippen LogP contribution in [0.25, 0.3) is 0 Å². The Kier molecular flexibility index (Phi) is 22.0. The van der Waals surface area contributed by atoms with Crippen molar-refractivity contribution in [2.75, 3.05) is 0 Å². The summed E-state index contributed by atoms with van der Waals surface area (Å²) in [6.45, 7) is 12.4. The molecule has 0 rings (SSSR count). The van der Waals surface area contributed by atoms with Crippen molar-refractivity contribution in [2.24, 2.45) is 0 Å². The zero-order valence-electron chi connectivity index (χ0n) is 8.49. The van der Waals surface area contributed by atoms with E-state index in [9.17, 15) is 4.79 Å². The van der Waals surface area contributed by atoms with Crippen molar-refractivity contribution in [3.63, 3.8) is 0 Å². The number of hydrogen-bond donors (Lipinski definition) is 1. The first kappa shape index (κ1) is 17.9. The molecule has 0 bridgehead atoms. The number of ether oxygens (including phenoxy) is 1. The lowest BCUT2D eigenvalue weighted by Gasteiger charge is -1.83. The molecule has 0 fully saturated rings. The van der Waals surface area contributed by atoms with Gasteiger partial charge in [-0.15, -0.1) is 0 Å². The van der Waals surface area contributed by atoms with Gasteiger partial charge in [-0.05, 0) is 6.92 Å². The minimum absolute atomic E-state index is 0.329. The fourth-order valence-corrected chi connectivity index (χ4v) is 0.117. The van der Waals surface area contributed by atoms with E-state index in [1.165, 1.54) is 6.92 Å². The molecule has 1 N–H and O–H groups in total. The predicted octanol–water partition coefficient (Wildman–Crippen LogP) is 2.47. The van der Waals surface area contributed by atoms with Gasteiger partial charge in [0.15, 0.2) is 0 Å². The molecule has 0 heterocycles. The predicted molar refractivity (Wildman–Crippen MR) is 55.2 cm³/mol. The molecule has 78 valence electrons. The van der Waals surface area contributed by atoms with Gasteiger partial charge in [-0.2, -0.15) is 5.26 Å². The maximum atomic E-state index is 9.75. The van der Waals surface area contributed by atoms with Crippen LogP contribution in [0.5, 0.6) is 0 Å². The van der Waals surface area contributed by atoms with Crippen LogP contribution in [0.4, 0.5) is 0 Å². The SMILES string of the molecule is C=C(C)C#N.C=CO.C=COC(C)=O. The fraction of sp³-hybridized carbons (Fsp3) is 0.200. The number of allylic oxidation sites excluding steroid dienone is 1. The molecule has 0 saturated carbocycles. The first-order chi connectivity index (χ1) is 6.45. The number of rotatable bonds is 1. The Labute approximate surface area is 84.4 Å². The van der Waals surface area contributed by atoms with E-state index in [2.05, 4.69) is 24.5 Å². The molecule has 0 aromatic rings. The summed E-state index contributed by atoms with van der Waals surface area (Å²) in [5, 5.41) is 15.1. The smallest absolute Gasteiger partial charge is 0.307 e. The van der Waals surface area contributed by atoms with Gasteiger partial charge < -0.3 is 9.84 Å². The van der Waals surface area contributed by atoms with E-state index >= 15 is 0 Å². The number of aliphatic hydroxyl groups is 1.